The summed E-state index contributed by atoms with van der Waals surface area (Å²) in [4.78, 5) is 0. The lowest BCUT2D eigenvalue weighted by Crippen LogP contribution is -2.44. The quantitative estimate of drug-likeness (QED) is 0.543. The second-order valence-electron chi connectivity index (χ2n) is 7.01. The Morgan fingerprint density at radius 3 is 2.11 bits per heavy atom. The van der Waals surface area contributed by atoms with Gasteiger partial charge in [-0.3, -0.25) is 0 Å². The van der Waals surface area contributed by atoms with Gasteiger partial charge in [0, 0.05) is 11.1 Å². The fourth-order valence-corrected chi connectivity index (χ4v) is 3.05. The predicted octanol–water partition coefficient (Wildman–Crippen LogP) is 4.48. The zero-order valence-corrected chi connectivity index (χ0v) is 14.3. The summed E-state index contributed by atoms with van der Waals surface area (Å²) in [5.41, 5.74) is 6.80. The highest BCUT2D eigenvalue weighted by molar-refractivity contribution is 4.85. The Bertz CT molecular complexity index is 227. The molecule has 0 rings (SSSR count). The molecule has 0 bridgehead atoms. The Morgan fingerprint density at radius 1 is 1.05 bits per heavy atom. The molecule has 0 aliphatic heterocycles. The molecule has 2 nitrogen and oxygen atoms in total. The van der Waals surface area contributed by atoms with Gasteiger partial charge in [0.15, 0.2) is 0 Å². The van der Waals surface area contributed by atoms with Gasteiger partial charge in [-0.25, -0.2) is 0 Å². The van der Waals surface area contributed by atoms with Gasteiger partial charge in [0.2, 0.25) is 0 Å². The van der Waals surface area contributed by atoms with Crippen molar-refractivity contribution in [2.75, 3.05) is 6.54 Å². The predicted molar refractivity (Wildman–Crippen MR) is 87.5 cm³/mol. The van der Waals surface area contributed by atoms with Crippen molar-refractivity contribution in [3.8, 4) is 0 Å². The third-order valence-corrected chi connectivity index (χ3v) is 4.49. The largest absolute Gasteiger partial charge is 0.325 e. The van der Waals surface area contributed by atoms with Crippen LogP contribution in [0.4, 0.5) is 0 Å². The Labute approximate surface area is 121 Å². The highest BCUT2D eigenvalue weighted by atomic mass is 15.0. The van der Waals surface area contributed by atoms with Gasteiger partial charge in [-0.05, 0) is 57.9 Å². The first-order chi connectivity index (χ1) is 8.81. The normalized spacial score (nSPS) is 18.3. The fourth-order valence-electron chi connectivity index (χ4n) is 3.05. The minimum absolute atomic E-state index is 0.0666. The summed E-state index contributed by atoms with van der Waals surface area (Å²) in [6.07, 6.45) is 8.22. The highest BCUT2D eigenvalue weighted by Crippen LogP contribution is 2.22. The van der Waals surface area contributed by atoms with E-state index < -0.39 is 0 Å². The van der Waals surface area contributed by atoms with Crippen molar-refractivity contribution in [1.29, 1.82) is 0 Å². The molecule has 0 heterocycles. The lowest BCUT2D eigenvalue weighted by Gasteiger charge is -2.33. The van der Waals surface area contributed by atoms with Crippen molar-refractivity contribution < 1.29 is 0 Å². The van der Waals surface area contributed by atoms with Crippen LogP contribution < -0.4 is 11.1 Å². The average molecular weight is 271 g/mol. The van der Waals surface area contributed by atoms with Crippen LogP contribution in [0.3, 0.4) is 0 Å². The molecule has 0 aliphatic rings. The minimum Gasteiger partial charge on any atom is -0.325 e. The topological polar surface area (TPSA) is 38.0 Å². The summed E-state index contributed by atoms with van der Waals surface area (Å²) in [5.74, 6) is 0.752. The Kier molecular flexibility index (Phi) is 8.93. The van der Waals surface area contributed by atoms with Crippen molar-refractivity contribution in [2.24, 2.45) is 11.7 Å². The van der Waals surface area contributed by atoms with E-state index in [2.05, 4.69) is 46.9 Å². The molecule has 2 unspecified atom stereocenters. The molecule has 0 aromatic rings. The first-order valence-corrected chi connectivity index (χ1v) is 8.34. The zero-order valence-electron chi connectivity index (χ0n) is 14.3. The molecule has 2 heteroatoms. The van der Waals surface area contributed by atoms with E-state index in [1.807, 2.05) is 0 Å². The molecule has 0 fully saturated rings. The van der Waals surface area contributed by atoms with E-state index in [4.69, 9.17) is 5.73 Å². The number of nitrogens with two attached hydrogens (primary N) is 1. The van der Waals surface area contributed by atoms with Crippen molar-refractivity contribution in [3.05, 3.63) is 0 Å². The second-order valence-corrected chi connectivity index (χ2v) is 7.01. The number of hydrogen-bond acceptors (Lipinski definition) is 2. The van der Waals surface area contributed by atoms with Gasteiger partial charge in [-0.1, -0.05) is 41.0 Å². The molecule has 0 aromatic carbocycles. The molecule has 19 heavy (non-hydrogen) atoms. The van der Waals surface area contributed by atoms with Gasteiger partial charge in [-0.15, -0.1) is 0 Å². The van der Waals surface area contributed by atoms with Crippen LogP contribution in [0.5, 0.6) is 0 Å². The van der Waals surface area contributed by atoms with Crippen molar-refractivity contribution >= 4 is 0 Å². The van der Waals surface area contributed by atoms with Gasteiger partial charge < -0.3 is 11.1 Å². The van der Waals surface area contributed by atoms with Crippen LogP contribution >= 0.6 is 0 Å². The number of rotatable bonds is 11. The second kappa shape index (κ2) is 8.97. The van der Waals surface area contributed by atoms with E-state index in [1.54, 1.807) is 0 Å². The minimum atomic E-state index is 0.0666. The van der Waals surface area contributed by atoms with Gasteiger partial charge in [0.1, 0.15) is 0 Å². The average Bonchev–Trinajstić information content (AvgIpc) is 2.34. The summed E-state index contributed by atoms with van der Waals surface area (Å²) in [5, 5.41) is 3.76. The van der Waals surface area contributed by atoms with E-state index in [9.17, 15) is 0 Å². The van der Waals surface area contributed by atoms with Gasteiger partial charge in [0.25, 0.3) is 0 Å². The zero-order chi connectivity index (χ0) is 14.9. The maximum Gasteiger partial charge on any atom is 0.0153 e. The van der Waals surface area contributed by atoms with Crippen LogP contribution in [0.2, 0.25) is 0 Å². The van der Waals surface area contributed by atoms with Crippen LogP contribution in [0.25, 0.3) is 0 Å². The molecule has 0 aliphatic carbocycles. The van der Waals surface area contributed by atoms with Crippen LogP contribution in [-0.4, -0.2) is 17.6 Å². The summed E-state index contributed by atoms with van der Waals surface area (Å²) in [7, 11) is 0. The maximum atomic E-state index is 6.44. The highest BCUT2D eigenvalue weighted by Gasteiger charge is 2.24. The summed E-state index contributed by atoms with van der Waals surface area (Å²) >= 11 is 0. The number of nitrogens with one attached hydrogen (secondary N) is 1. The van der Waals surface area contributed by atoms with E-state index in [-0.39, 0.29) is 5.54 Å². The summed E-state index contributed by atoms with van der Waals surface area (Å²) in [6.45, 7) is 14.8. The van der Waals surface area contributed by atoms with E-state index >= 15 is 0 Å². The molecule has 2 atom stereocenters. The lowest BCUT2D eigenvalue weighted by atomic mass is 9.86. The SMILES string of the molecule is CCCC(N)(CC)CCCNC(C)(CC)CC(C)C. The van der Waals surface area contributed by atoms with Crippen LogP contribution in [-0.2, 0) is 0 Å². The molecule has 116 valence electrons. The monoisotopic (exact) mass is 270 g/mol. The molecule has 0 radical (unpaired) electrons. The standard InChI is InChI=1S/C17H38N2/c1-7-11-17(18,9-3)12-10-13-19-16(6,8-2)14-15(4)5/h15,19H,7-14,18H2,1-6H3. The fraction of sp³-hybridized carbons (Fsp3) is 1.00. The first kappa shape index (κ1) is 18.9. The van der Waals surface area contributed by atoms with Crippen molar-refractivity contribution in [3.63, 3.8) is 0 Å². The molecular weight excluding hydrogens is 232 g/mol. The number of hydrogen-bond donors (Lipinski definition) is 2. The van der Waals surface area contributed by atoms with Crippen LogP contribution in [0.1, 0.15) is 86.5 Å². The Balaban J connectivity index is 4.06. The van der Waals surface area contributed by atoms with E-state index in [0.717, 1.165) is 31.7 Å². The van der Waals surface area contributed by atoms with Crippen LogP contribution in [0, 0.1) is 5.92 Å². The van der Waals surface area contributed by atoms with Crippen molar-refractivity contribution in [1.82, 2.24) is 5.32 Å². The third-order valence-electron chi connectivity index (χ3n) is 4.49. The van der Waals surface area contributed by atoms with Crippen LogP contribution in [0.15, 0.2) is 0 Å². The summed E-state index contributed by atoms with van der Waals surface area (Å²) in [6, 6.07) is 0. The first-order valence-electron chi connectivity index (χ1n) is 8.34. The Hall–Kier alpha value is -0.0800. The molecule has 0 saturated heterocycles. The van der Waals surface area contributed by atoms with E-state index in [1.165, 1.54) is 25.7 Å². The molecule has 0 aromatic heterocycles. The van der Waals surface area contributed by atoms with Gasteiger partial charge in [-0.2, -0.15) is 0 Å². The van der Waals surface area contributed by atoms with E-state index in [0.29, 0.717) is 5.54 Å². The molecule has 0 spiro atoms. The summed E-state index contributed by atoms with van der Waals surface area (Å²) < 4.78 is 0. The third kappa shape index (κ3) is 7.94. The molecule has 0 saturated carbocycles. The van der Waals surface area contributed by atoms with Gasteiger partial charge >= 0.3 is 0 Å². The lowest BCUT2D eigenvalue weighted by molar-refractivity contribution is 0.269. The maximum absolute atomic E-state index is 6.44. The molecular formula is C17H38N2. The van der Waals surface area contributed by atoms with Gasteiger partial charge in [0.05, 0.1) is 0 Å². The van der Waals surface area contributed by atoms with Crippen molar-refractivity contribution in [2.45, 2.75) is 97.6 Å². The Morgan fingerprint density at radius 2 is 1.68 bits per heavy atom. The molecule has 0 amide bonds. The molecule has 3 N–H and O–H groups in total. The smallest absolute Gasteiger partial charge is 0.0153 e.